The lowest BCUT2D eigenvalue weighted by atomic mass is 10.0. The van der Waals surface area contributed by atoms with E-state index >= 15 is 0 Å². The zero-order chi connectivity index (χ0) is 14.2. The number of nitrogens with one attached hydrogen (secondary N) is 3. The third-order valence-corrected chi connectivity index (χ3v) is 3.45. The second-order valence-electron chi connectivity index (χ2n) is 5.08. The molecular weight excluding hydrogens is 256 g/mol. The number of H-pyrrole nitrogens is 1. The monoisotopic (exact) mass is 280 g/mol. The van der Waals surface area contributed by atoms with Gasteiger partial charge in [0.2, 0.25) is 5.91 Å². The Kier molecular flexibility index (Phi) is 6.01. The summed E-state index contributed by atoms with van der Waals surface area (Å²) in [6.45, 7) is 5.01. The molecule has 1 aliphatic heterocycles. The molecule has 0 bridgehead atoms. The molecule has 1 unspecified atom stereocenters. The summed E-state index contributed by atoms with van der Waals surface area (Å²) in [5, 5.41) is 6.16. The Morgan fingerprint density at radius 3 is 3.20 bits per heavy atom. The van der Waals surface area contributed by atoms with E-state index in [2.05, 4.69) is 27.5 Å². The van der Waals surface area contributed by atoms with Crippen molar-refractivity contribution in [1.29, 1.82) is 0 Å². The molecule has 0 aromatic carbocycles. The van der Waals surface area contributed by atoms with Crippen molar-refractivity contribution in [3.05, 3.63) is 17.7 Å². The molecule has 112 valence electrons. The lowest BCUT2D eigenvalue weighted by Crippen LogP contribution is -2.48. The number of rotatable bonds is 8. The van der Waals surface area contributed by atoms with Gasteiger partial charge in [-0.1, -0.05) is 13.3 Å². The quantitative estimate of drug-likeness (QED) is 0.614. The Morgan fingerprint density at radius 1 is 1.50 bits per heavy atom. The molecule has 1 atom stereocenters. The lowest BCUT2D eigenvalue weighted by molar-refractivity contribution is -0.123. The van der Waals surface area contributed by atoms with Crippen LogP contribution in [0.5, 0.6) is 0 Å². The second kappa shape index (κ2) is 8.01. The minimum atomic E-state index is -0.174. The van der Waals surface area contributed by atoms with E-state index < -0.39 is 0 Å². The standard InChI is InChI=1S/C14H24N4O2/c1-2-3-6-20-7-4-5-15-14(19)12-8-11-13(9-16-12)18-10-17-11/h10,12,16H,2-9H2,1H3,(H,15,19)(H,17,18). The van der Waals surface area contributed by atoms with E-state index in [1.807, 2.05) is 0 Å². The molecule has 0 spiro atoms. The van der Waals surface area contributed by atoms with Gasteiger partial charge in [-0.3, -0.25) is 10.1 Å². The third-order valence-electron chi connectivity index (χ3n) is 3.45. The van der Waals surface area contributed by atoms with E-state index in [1.54, 1.807) is 6.33 Å². The van der Waals surface area contributed by atoms with Crippen molar-refractivity contribution in [2.24, 2.45) is 0 Å². The van der Waals surface area contributed by atoms with Crippen LogP contribution in [0.2, 0.25) is 0 Å². The number of hydrogen-bond acceptors (Lipinski definition) is 4. The van der Waals surface area contributed by atoms with E-state index in [-0.39, 0.29) is 11.9 Å². The predicted molar refractivity (Wildman–Crippen MR) is 76.3 cm³/mol. The first kappa shape index (κ1) is 15.0. The highest BCUT2D eigenvalue weighted by Crippen LogP contribution is 2.11. The number of aromatic nitrogens is 2. The van der Waals surface area contributed by atoms with Crippen molar-refractivity contribution in [3.8, 4) is 0 Å². The first-order chi connectivity index (χ1) is 9.81. The normalized spacial score (nSPS) is 17.8. The number of carbonyl (C=O) groups excluding carboxylic acids is 1. The average molecular weight is 280 g/mol. The summed E-state index contributed by atoms with van der Waals surface area (Å²) in [5.74, 6) is 0.0483. The average Bonchev–Trinajstić information content (AvgIpc) is 2.93. The van der Waals surface area contributed by atoms with Crippen LogP contribution in [0, 0.1) is 0 Å². The fourth-order valence-electron chi connectivity index (χ4n) is 2.21. The number of aromatic amines is 1. The number of nitrogens with zero attached hydrogens (tertiary/aromatic N) is 1. The fourth-order valence-corrected chi connectivity index (χ4v) is 2.21. The Bertz CT molecular complexity index is 419. The number of imidazole rings is 1. The van der Waals surface area contributed by atoms with E-state index in [9.17, 15) is 4.79 Å². The molecule has 1 aromatic rings. The molecule has 2 rings (SSSR count). The maximum Gasteiger partial charge on any atom is 0.237 e. The highest BCUT2D eigenvalue weighted by molar-refractivity contribution is 5.82. The van der Waals surface area contributed by atoms with Crippen LogP contribution in [0.25, 0.3) is 0 Å². The molecule has 2 heterocycles. The van der Waals surface area contributed by atoms with Gasteiger partial charge in [-0.15, -0.1) is 0 Å². The lowest BCUT2D eigenvalue weighted by Gasteiger charge is -2.22. The van der Waals surface area contributed by atoms with Gasteiger partial charge in [0.1, 0.15) is 0 Å². The van der Waals surface area contributed by atoms with Crippen LogP contribution in [0.1, 0.15) is 37.6 Å². The number of ether oxygens (including phenoxy) is 1. The number of unbranched alkanes of at least 4 members (excludes halogenated alkanes) is 1. The van der Waals surface area contributed by atoms with Crippen molar-refractivity contribution >= 4 is 5.91 Å². The Morgan fingerprint density at radius 2 is 2.35 bits per heavy atom. The van der Waals surface area contributed by atoms with Crippen LogP contribution in [0.15, 0.2) is 6.33 Å². The van der Waals surface area contributed by atoms with Crippen molar-refractivity contribution in [3.63, 3.8) is 0 Å². The Labute approximate surface area is 119 Å². The molecule has 1 aliphatic rings. The molecule has 0 fully saturated rings. The highest BCUT2D eigenvalue weighted by atomic mass is 16.5. The van der Waals surface area contributed by atoms with Gasteiger partial charge in [0.15, 0.2) is 0 Å². The smallest absolute Gasteiger partial charge is 0.237 e. The molecule has 6 nitrogen and oxygen atoms in total. The van der Waals surface area contributed by atoms with Crippen LogP contribution >= 0.6 is 0 Å². The van der Waals surface area contributed by atoms with Gasteiger partial charge < -0.3 is 15.0 Å². The minimum Gasteiger partial charge on any atom is -0.381 e. The minimum absolute atomic E-state index is 0.0483. The fraction of sp³-hybridized carbons (Fsp3) is 0.714. The molecule has 6 heteroatoms. The first-order valence-corrected chi connectivity index (χ1v) is 7.41. The molecule has 3 N–H and O–H groups in total. The summed E-state index contributed by atoms with van der Waals surface area (Å²) in [6.07, 6.45) is 5.44. The molecule has 1 amide bonds. The van der Waals surface area contributed by atoms with Crippen molar-refractivity contribution in [2.75, 3.05) is 19.8 Å². The van der Waals surface area contributed by atoms with E-state index in [0.29, 0.717) is 26.1 Å². The molecule has 0 radical (unpaired) electrons. The summed E-state index contributed by atoms with van der Waals surface area (Å²) in [5.41, 5.74) is 2.07. The Hall–Kier alpha value is -1.40. The van der Waals surface area contributed by atoms with Gasteiger partial charge in [0, 0.05) is 32.7 Å². The molecule has 0 saturated heterocycles. The van der Waals surface area contributed by atoms with Gasteiger partial charge in [0.25, 0.3) is 0 Å². The summed E-state index contributed by atoms with van der Waals surface area (Å²) < 4.78 is 5.46. The largest absolute Gasteiger partial charge is 0.381 e. The van der Waals surface area contributed by atoms with Gasteiger partial charge in [0.05, 0.1) is 23.8 Å². The molecule has 20 heavy (non-hydrogen) atoms. The SMILES string of the molecule is CCCCOCCCNC(=O)C1Cc2nc[nH]c2CN1. The van der Waals surface area contributed by atoms with Crippen LogP contribution < -0.4 is 10.6 Å². The predicted octanol–water partition coefficient (Wildman–Crippen LogP) is 0.747. The number of carbonyl (C=O) groups is 1. The van der Waals surface area contributed by atoms with Crippen LogP contribution in [-0.2, 0) is 22.5 Å². The second-order valence-corrected chi connectivity index (χ2v) is 5.08. The van der Waals surface area contributed by atoms with Gasteiger partial charge in [-0.05, 0) is 12.8 Å². The number of fused-ring (bicyclic) bond motifs is 1. The van der Waals surface area contributed by atoms with Crippen LogP contribution in [0.3, 0.4) is 0 Å². The number of amides is 1. The number of hydrogen-bond donors (Lipinski definition) is 3. The molecule has 1 aromatic heterocycles. The van der Waals surface area contributed by atoms with E-state index in [0.717, 1.165) is 37.3 Å². The third kappa shape index (κ3) is 4.31. The molecular formula is C14H24N4O2. The zero-order valence-corrected chi connectivity index (χ0v) is 12.1. The maximum absolute atomic E-state index is 12.0. The summed E-state index contributed by atoms with van der Waals surface area (Å²) >= 11 is 0. The Balaban J connectivity index is 1.59. The van der Waals surface area contributed by atoms with Crippen LogP contribution in [-0.4, -0.2) is 41.7 Å². The topological polar surface area (TPSA) is 79.0 Å². The van der Waals surface area contributed by atoms with Crippen LogP contribution in [0.4, 0.5) is 0 Å². The maximum atomic E-state index is 12.0. The van der Waals surface area contributed by atoms with Gasteiger partial charge in [-0.25, -0.2) is 4.98 Å². The van der Waals surface area contributed by atoms with Crippen molar-refractivity contribution < 1.29 is 9.53 Å². The summed E-state index contributed by atoms with van der Waals surface area (Å²) in [4.78, 5) is 19.3. The van der Waals surface area contributed by atoms with Crippen molar-refractivity contribution in [2.45, 2.75) is 45.2 Å². The molecule has 0 aliphatic carbocycles. The summed E-state index contributed by atoms with van der Waals surface area (Å²) in [6, 6.07) is -0.174. The highest BCUT2D eigenvalue weighted by Gasteiger charge is 2.25. The molecule has 0 saturated carbocycles. The zero-order valence-electron chi connectivity index (χ0n) is 12.1. The summed E-state index contributed by atoms with van der Waals surface area (Å²) in [7, 11) is 0. The van der Waals surface area contributed by atoms with Crippen molar-refractivity contribution in [1.82, 2.24) is 20.6 Å². The van der Waals surface area contributed by atoms with Gasteiger partial charge in [-0.2, -0.15) is 0 Å². The van der Waals surface area contributed by atoms with E-state index in [1.165, 1.54) is 0 Å². The van der Waals surface area contributed by atoms with Gasteiger partial charge >= 0.3 is 0 Å². The van der Waals surface area contributed by atoms with E-state index in [4.69, 9.17) is 4.74 Å². The first-order valence-electron chi connectivity index (χ1n) is 7.41.